The van der Waals surface area contributed by atoms with Crippen LogP contribution in [0, 0.1) is 0 Å². The molecule has 0 amide bonds. The predicted octanol–water partition coefficient (Wildman–Crippen LogP) is 3.14. The highest BCUT2D eigenvalue weighted by atomic mass is 16.5. The molecule has 6 heteroatoms. The quantitative estimate of drug-likeness (QED) is 0.724. The first kappa shape index (κ1) is 13.1. The monoisotopic (exact) mass is 283 g/mol. The van der Waals surface area contributed by atoms with Crippen LogP contribution < -0.4 is 5.32 Å². The van der Waals surface area contributed by atoms with Crippen molar-refractivity contribution in [3.05, 3.63) is 54.1 Å². The Morgan fingerprint density at radius 1 is 1.24 bits per heavy atom. The zero-order chi connectivity index (χ0) is 14.7. The normalized spacial score (nSPS) is 10.5. The average Bonchev–Trinajstić information content (AvgIpc) is 3.16. The smallest absolute Gasteiger partial charge is 0.246 e. The van der Waals surface area contributed by atoms with Gasteiger partial charge in [-0.3, -0.25) is 4.79 Å². The molecule has 0 unspecified atom stereocenters. The summed E-state index contributed by atoms with van der Waals surface area (Å²) in [6.45, 7) is 1.86. The molecule has 0 saturated heterocycles. The van der Waals surface area contributed by atoms with Crippen LogP contribution in [0.25, 0.3) is 11.6 Å². The molecule has 2 aromatic heterocycles. The first-order chi connectivity index (χ1) is 10.2. The minimum absolute atomic E-state index is 0.0000892. The Bertz CT molecular complexity index is 747. The number of rotatable bonds is 5. The molecular weight excluding hydrogens is 270 g/mol. The van der Waals surface area contributed by atoms with Crippen molar-refractivity contribution in [2.24, 2.45) is 0 Å². The van der Waals surface area contributed by atoms with Gasteiger partial charge in [-0.15, -0.1) is 0 Å². The molecule has 0 radical (unpaired) electrons. The molecule has 3 rings (SSSR count). The summed E-state index contributed by atoms with van der Waals surface area (Å²) in [5, 5.41) is 6.96. The number of benzene rings is 1. The van der Waals surface area contributed by atoms with Crippen LogP contribution in [0.1, 0.15) is 23.2 Å². The molecule has 2 heterocycles. The highest BCUT2D eigenvalue weighted by molar-refractivity contribution is 5.99. The maximum atomic E-state index is 11.5. The molecule has 1 aromatic carbocycles. The average molecular weight is 283 g/mol. The molecule has 0 aliphatic heterocycles. The molecule has 0 bridgehead atoms. The second-order valence-corrected chi connectivity index (χ2v) is 4.44. The van der Waals surface area contributed by atoms with Gasteiger partial charge in [-0.05, 0) is 31.2 Å². The summed E-state index contributed by atoms with van der Waals surface area (Å²) in [7, 11) is 0. The Morgan fingerprint density at radius 2 is 2.10 bits per heavy atom. The van der Waals surface area contributed by atoms with Crippen molar-refractivity contribution in [2.45, 2.75) is 13.5 Å². The third kappa shape index (κ3) is 2.84. The van der Waals surface area contributed by atoms with E-state index in [-0.39, 0.29) is 5.78 Å². The van der Waals surface area contributed by atoms with Gasteiger partial charge in [0.1, 0.15) is 0 Å². The van der Waals surface area contributed by atoms with Crippen molar-refractivity contribution in [1.82, 2.24) is 10.1 Å². The van der Waals surface area contributed by atoms with E-state index in [0.717, 1.165) is 5.69 Å². The molecule has 0 atom stereocenters. The maximum absolute atomic E-state index is 11.5. The van der Waals surface area contributed by atoms with Gasteiger partial charge in [0.15, 0.2) is 11.5 Å². The molecular formula is C15H13N3O3. The number of furan rings is 1. The number of hydrogen-bond donors (Lipinski definition) is 1. The summed E-state index contributed by atoms with van der Waals surface area (Å²) in [5.74, 6) is 1.37. The third-order valence-corrected chi connectivity index (χ3v) is 2.95. The van der Waals surface area contributed by atoms with Crippen LogP contribution in [0.15, 0.2) is 51.6 Å². The van der Waals surface area contributed by atoms with Crippen LogP contribution in [-0.2, 0) is 6.54 Å². The van der Waals surface area contributed by atoms with Gasteiger partial charge in [0.2, 0.25) is 11.7 Å². The van der Waals surface area contributed by atoms with Gasteiger partial charge in [-0.25, -0.2) is 0 Å². The van der Waals surface area contributed by atoms with Gasteiger partial charge < -0.3 is 14.3 Å². The fourth-order valence-electron chi connectivity index (χ4n) is 1.95. The van der Waals surface area contributed by atoms with Crippen molar-refractivity contribution < 1.29 is 13.7 Å². The van der Waals surface area contributed by atoms with Crippen molar-refractivity contribution in [2.75, 3.05) is 5.32 Å². The van der Waals surface area contributed by atoms with Crippen molar-refractivity contribution in [3.8, 4) is 11.6 Å². The number of aromatic nitrogens is 2. The van der Waals surface area contributed by atoms with E-state index >= 15 is 0 Å². The number of nitrogens with zero attached hydrogens (tertiary/aromatic N) is 2. The van der Waals surface area contributed by atoms with Crippen molar-refractivity contribution in [1.29, 1.82) is 0 Å². The highest BCUT2D eigenvalue weighted by Gasteiger charge is 2.11. The molecule has 0 fully saturated rings. The van der Waals surface area contributed by atoms with Crippen molar-refractivity contribution >= 4 is 11.5 Å². The Labute approximate surface area is 120 Å². The number of ketones is 1. The standard InChI is InChI=1S/C15H13N3O3/c1-10(19)11-5-2-3-6-12(11)16-9-14-17-15(18-21-14)13-7-4-8-20-13/h2-8,16H,9H2,1H3. The number of carbonyl (C=O) groups excluding carboxylic acids is 1. The van der Waals surface area contributed by atoms with Crippen LogP contribution in [0.4, 0.5) is 5.69 Å². The van der Waals surface area contributed by atoms with Gasteiger partial charge >= 0.3 is 0 Å². The van der Waals surface area contributed by atoms with E-state index < -0.39 is 0 Å². The van der Waals surface area contributed by atoms with E-state index in [1.807, 2.05) is 18.2 Å². The third-order valence-electron chi connectivity index (χ3n) is 2.95. The largest absolute Gasteiger partial charge is 0.461 e. The van der Waals surface area contributed by atoms with E-state index in [1.54, 1.807) is 24.5 Å². The van der Waals surface area contributed by atoms with Crippen LogP contribution >= 0.6 is 0 Å². The summed E-state index contributed by atoms with van der Waals surface area (Å²) >= 11 is 0. The number of anilines is 1. The van der Waals surface area contributed by atoms with Crippen LogP contribution in [0.3, 0.4) is 0 Å². The van der Waals surface area contributed by atoms with Gasteiger partial charge in [0.25, 0.3) is 0 Å². The van der Waals surface area contributed by atoms with Crippen LogP contribution in [-0.4, -0.2) is 15.9 Å². The van der Waals surface area contributed by atoms with Gasteiger partial charge in [-0.1, -0.05) is 17.3 Å². The Morgan fingerprint density at radius 3 is 2.86 bits per heavy atom. The molecule has 0 aliphatic carbocycles. The van der Waals surface area contributed by atoms with E-state index in [2.05, 4.69) is 15.5 Å². The summed E-state index contributed by atoms with van der Waals surface area (Å²) in [4.78, 5) is 15.8. The zero-order valence-corrected chi connectivity index (χ0v) is 11.4. The molecule has 0 aliphatic rings. The lowest BCUT2D eigenvalue weighted by molar-refractivity contribution is 0.101. The zero-order valence-electron chi connectivity index (χ0n) is 11.4. The number of Topliss-reactive ketones (excluding diaryl/α,β-unsaturated/α-hetero) is 1. The van der Waals surface area contributed by atoms with E-state index in [4.69, 9.17) is 8.94 Å². The lowest BCUT2D eigenvalue weighted by Crippen LogP contribution is -2.05. The van der Waals surface area contributed by atoms with Gasteiger partial charge in [0, 0.05) is 11.3 Å². The molecule has 1 N–H and O–H groups in total. The maximum Gasteiger partial charge on any atom is 0.246 e. The summed E-state index contributed by atoms with van der Waals surface area (Å²) in [6.07, 6.45) is 1.55. The Kier molecular flexibility index (Phi) is 3.51. The second kappa shape index (κ2) is 5.62. The summed E-state index contributed by atoms with van der Waals surface area (Å²) < 4.78 is 10.3. The number of para-hydroxylation sites is 1. The van der Waals surface area contributed by atoms with E-state index in [0.29, 0.717) is 29.6 Å². The fourth-order valence-corrected chi connectivity index (χ4v) is 1.95. The van der Waals surface area contributed by atoms with E-state index in [1.165, 1.54) is 6.92 Å². The summed E-state index contributed by atoms with van der Waals surface area (Å²) in [5.41, 5.74) is 1.37. The topological polar surface area (TPSA) is 81.2 Å². The van der Waals surface area contributed by atoms with Crippen molar-refractivity contribution in [3.63, 3.8) is 0 Å². The molecule has 21 heavy (non-hydrogen) atoms. The minimum atomic E-state index is -0.0000892. The molecule has 6 nitrogen and oxygen atoms in total. The van der Waals surface area contributed by atoms with E-state index in [9.17, 15) is 4.79 Å². The SMILES string of the molecule is CC(=O)c1ccccc1NCc1nc(-c2ccco2)no1. The first-order valence-electron chi connectivity index (χ1n) is 6.44. The van der Waals surface area contributed by atoms with Gasteiger partial charge in [0.05, 0.1) is 12.8 Å². The first-order valence-corrected chi connectivity index (χ1v) is 6.44. The Hall–Kier alpha value is -2.89. The number of carbonyl (C=O) groups is 1. The van der Waals surface area contributed by atoms with Gasteiger partial charge in [-0.2, -0.15) is 4.98 Å². The number of nitrogens with one attached hydrogen (secondary N) is 1. The van der Waals surface area contributed by atoms with Crippen LogP contribution in [0.5, 0.6) is 0 Å². The lowest BCUT2D eigenvalue weighted by atomic mass is 10.1. The fraction of sp³-hybridized carbons (Fsp3) is 0.133. The predicted molar refractivity (Wildman–Crippen MR) is 75.8 cm³/mol. The Balaban J connectivity index is 1.73. The number of hydrogen-bond acceptors (Lipinski definition) is 6. The minimum Gasteiger partial charge on any atom is -0.461 e. The molecule has 0 spiro atoms. The highest BCUT2D eigenvalue weighted by Crippen LogP contribution is 2.18. The molecule has 3 aromatic rings. The second-order valence-electron chi connectivity index (χ2n) is 4.44. The van der Waals surface area contributed by atoms with Crippen LogP contribution in [0.2, 0.25) is 0 Å². The lowest BCUT2D eigenvalue weighted by Gasteiger charge is -2.07. The molecule has 106 valence electrons. The summed E-state index contributed by atoms with van der Waals surface area (Å²) in [6, 6.07) is 10.8. The molecule has 0 saturated carbocycles.